The highest BCUT2D eigenvalue weighted by atomic mass is 14.8. The second-order valence-corrected chi connectivity index (χ2v) is 4.13. The Morgan fingerprint density at radius 2 is 2.13 bits per heavy atom. The normalized spacial score (nSPS) is 15.4. The van der Waals surface area contributed by atoms with E-state index in [0.29, 0.717) is 0 Å². The molecular weight excluding hydrogens is 182 g/mol. The summed E-state index contributed by atoms with van der Waals surface area (Å²) < 4.78 is 0. The van der Waals surface area contributed by atoms with Gasteiger partial charge >= 0.3 is 0 Å². The minimum Gasteiger partial charge on any atom is -0.319 e. The summed E-state index contributed by atoms with van der Waals surface area (Å²) in [5.74, 6) is 0. The molecule has 15 heavy (non-hydrogen) atoms. The molecule has 1 aliphatic carbocycles. The van der Waals surface area contributed by atoms with Crippen LogP contribution in [0.5, 0.6) is 0 Å². The largest absolute Gasteiger partial charge is 0.319 e. The molecule has 0 fully saturated rings. The van der Waals surface area contributed by atoms with Crippen LogP contribution >= 0.6 is 0 Å². The number of allylic oxidation sites excluding steroid dienone is 1. The molecule has 2 rings (SSSR count). The van der Waals surface area contributed by atoms with Crippen molar-refractivity contribution in [1.82, 2.24) is 5.32 Å². The Balaban J connectivity index is 2.26. The maximum absolute atomic E-state index is 3.23. The van der Waals surface area contributed by atoms with Gasteiger partial charge in [0.15, 0.2) is 0 Å². The van der Waals surface area contributed by atoms with Crippen LogP contribution in [0.4, 0.5) is 0 Å². The third-order valence-electron chi connectivity index (χ3n) is 3.05. The molecule has 0 radical (unpaired) electrons. The molecule has 1 aliphatic rings. The second kappa shape index (κ2) is 5.13. The Hall–Kier alpha value is -1.08. The molecule has 0 aromatic heterocycles. The molecule has 0 unspecified atom stereocenters. The fourth-order valence-corrected chi connectivity index (χ4v) is 2.23. The lowest BCUT2D eigenvalue weighted by Gasteiger charge is -2.10. The van der Waals surface area contributed by atoms with E-state index in [-0.39, 0.29) is 0 Å². The van der Waals surface area contributed by atoms with Gasteiger partial charge in [-0.3, -0.25) is 0 Å². The van der Waals surface area contributed by atoms with Crippen molar-refractivity contribution in [3.8, 4) is 0 Å². The van der Waals surface area contributed by atoms with Crippen LogP contribution in [0.1, 0.15) is 30.4 Å². The summed E-state index contributed by atoms with van der Waals surface area (Å²) in [7, 11) is 2.02. The van der Waals surface area contributed by atoms with Crippen LogP contribution in [0.15, 0.2) is 30.3 Å². The van der Waals surface area contributed by atoms with Gasteiger partial charge in [0.05, 0.1) is 0 Å². The van der Waals surface area contributed by atoms with Crippen molar-refractivity contribution in [3.63, 3.8) is 0 Å². The van der Waals surface area contributed by atoms with Crippen LogP contribution in [0.2, 0.25) is 0 Å². The average molecular weight is 201 g/mol. The van der Waals surface area contributed by atoms with E-state index < -0.39 is 0 Å². The third-order valence-corrected chi connectivity index (χ3v) is 3.05. The summed E-state index contributed by atoms with van der Waals surface area (Å²) in [6.07, 6.45) is 7.32. The lowest BCUT2D eigenvalue weighted by Crippen LogP contribution is -2.08. The van der Waals surface area contributed by atoms with Gasteiger partial charge in [0.25, 0.3) is 0 Å². The van der Waals surface area contributed by atoms with Crippen molar-refractivity contribution in [3.05, 3.63) is 41.5 Å². The predicted octanol–water partition coefficient (Wildman–Crippen LogP) is 3.02. The SMILES string of the molecule is CNCCC1=CCCCc2ccccc21. The minimum atomic E-state index is 1.07. The molecule has 0 saturated heterocycles. The van der Waals surface area contributed by atoms with Gasteiger partial charge in [-0.15, -0.1) is 0 Å². The first-order chi connectivity index (χ1) is 7.42. The van der Waals surface area contributed by atoms with E-state index in [1.54, 1.807) is 0 Å². The summed E-state index contributed by atoms with van der Waals surface area (Å²) in [4.78, 5) is 0. The quantitative estimate of drug-likeness (QED) is 0.792. The van der Waals surface area contributed by atoms with Crippen molar-refractivity contribution < 1.29 is 0 Å². The molecule has 1 heteroatoms. The molecule has 0 amide bonds. The molecule has 1 aromatic carbocycles. The summed E-state index contributed by atoms with van der Waals surface area (Å²) in [5, 5.41) is 3.23. The molecule has 0 aliphatic heterocycles. The monoisotopic (exact) mass is 201 g/mol. The van der Waals surface area contributed by atoms with Gasteiger partial charge in [-0.05, 0) is 56.0 Å². The molecule has 0 heterocycles. The zero-order chi connectivity index (χ0) is 10.5. The summed E-state index contributed by atoms with van der Waals surface area (Å²) in [6, 6.07) is 8.84. The van der Waals surface area contributed by atoms with Gasteiger partial charge in [0.1, 0.15) is 0 Å². The first kappa shape index (κ1) is 10.4. The Kier molecular flexibility index (Phi) is 3.57. The zero-order valence-electron chi connectivity index (χ0n) is 9.42. The number of aryl methyl sites for hydroxylation is 1. The van der Waals surface area contributed by atoms with E-state index in [9.17, 15) is 0 Å². The van der Waals surface area contributed by atoms with Crippen molar-refractivity contribution in [2.24, 2.45) is 0 Å². The third kappa shape index (κ3) is 2.48. The zero-order valence-corrected chi connectivity index (χ0v) is 9.42. The number of fused-ring (bicyclic) bond motifs is 1. The first-order valence-electron chi connectivity index (χ1n) is 5.83. The van der Waals surface area contributed by atoms with Crippen LogP contribution in [-0.4, -0.2) is 13.6 Å². The molecule has 0 spiro atoms. The average Bonchev–Trinajstić information content (AvgIpc) is 2.49. The van der Waals surface area contributed by atoms with Crippen molar-refractivity contribution in [2.75, 3.05) is 13.6 Å². The van der Waals surface area contributed by atoms with Crippen molar-refractivity contribution in [1.29, 1.82) is 0 Å². The van der Waals surface area contributed by atoms with Gasteiger partial charge in [-0.2, -0.15) is 0 Å². The molecule has 1 N–H and O–H groups in total. The van der Waals surface area contributed by atoms with Gasteiger partial charge in [-0.1, -0.05) is 30.3 Å². The van der Waals surface area contributed by atoms with E-state index in [1.165, 1.54) is 36.0 Å². The fraction of sp³-hybridized carbons (Fsp3) is 0.429. The predicted molar refractivity (Wildman–Crippen MR) is 65.9 cm³/mol. The minimum absolute atomic E-state index is 1.07. The van der Waals surface area contributed by atoms with E-state index in [2.05, 4.69) is 35.7 Å². The fourth-order valence-electron chi connectivity index (χ4n) is 2.23. The standard InChI is InChI=1S/C14H19N/c1-15-11-10-13-8-3-2-6-12-7-4-5-9-14(12)13/h4-5,7-9,15H,2-3,6,10-11H2,1H3. The maximum atomic E-state index is 3.23. The highest BCUT2D eigenvalue weighted by Gasteiger charge is 2.09. The smallest absolute Gasteiger partial charge is 0.00113 e. The lowest BCUT2D eigenvalue weighted by atomic mass is 9.97. The lowest BCUT2D eigenvalue weighted by molar-refractivity contribution is 0.814. The number of hydrogen-bond donors (Lipinski definition) is 1. The van der Waals surface area contributed by atoms with Gasteiger partial charge in [0.2, 0.25) is 0 Å². The molecule has 1 nitrogen and oxygen atoms in total. The van der Waals surface area contributed by atoms with E-state index in [4.69, 9.17) is 0 Å². The van der Waals surface area contributed by atoms with Gasteiger partial charge in [0, 0.05) is 0 Å². The van der Waals surface area contributed by atoms with Crippen LogP contribution in [0, 0.1) is 0 Å². The second-order valence-electron chi connectivity index (χ2n) is 4.13. The Labute approximate surface area is 92.2 Å². The summed E-state index contributed by atoms with van der Waals surface area (Å²) in [5.41, 5.74) is 4.53. The van der Waals surface area contributed by atoms with Crippen LogP contribution < -0.4 is 5.32 Å². The molecule has 0 bridgehead atoms. The van der Waals surface area contributed by atoms with Crippen LogP contribution in [-0.2, 0) is 6.42 Å². The number of benzene rings is 1. The van der Waals surface area contributed by atoms with E-state index in [0.717, 1.165) is 13.0 Å². The molecule has 0 saturated carbocycles. The Morgan fingerprint density at radius 3 is 3.00 bits per heavy atom. The topological polar surface area (TPSA) is 12.0 Å². The molecule has 0 atom stereocenters. The van der Waals surface area contributed by atoms with Gasteiger partial charge < -0.3 is 5.32 Å². The number of nitrogens with one attached hydrogen (secondary N) is 1. The van der Waals surface area contributed by atoms with E-state index in [1.807, 2.05) is 7.05 Å². The van der Waals surface area contributed by atoms with Crippen molar-refractivity contribution in [2.45, 2.75) is 25.7 Å². The molecule has 80 valence electrons. The van der Waals surface area contributed by atoms with Crippen LogP contribution in [0.25, 0.3) is 5.57 Å². The van der Waals surface area contributed by atoms with Crippen molar-refractivity contribution >= 4 is 5.57 Å². The first-order valence-corrected chi connectivity index (χ1v) is 5.83. The maximum Gasteiger partial charge on any atom is -0.00113 e. The Bertz CT molecular complexity index is 352. The van der Waals surface area contributed by atoms with E-state index >= 15 is 0 Å². The van der Waals surface area contributed by atoms with Crippen LogP contribution in [0.3, 0.4) is 0 Å². The highest BCUT2D eigenvalue weighted by molar-refractivity contribution is 5.69. The summed E-state index contributed by atoms with van der Waals surface area (Å²) >= 11 is 0. The molecule has 1 aromatic rings. The summed E-state index contributed by atoms with van der Waals surface area (Å²) in [6.45, 7) is 1.07. The molecular formula is C14H19N. The van der Waals surface area contributed by atoms with Gasteiger partial charge in [-0.25, -0.2) is 0 Å². The number of rotatable bonds is 3. The highest BCUT2D eigenvalue weighted by Crippen LogP contribution is 2.27. The number of hydrogen-bond acceptors (Lipinski definition) is 1. The Morgan fingerprint density at radius 1 is 1.27 bits per heavy atom.